The van der Waals surface area contributed by atoms with Gasteiger partial charge in [0.1, 0.15) is 16.7 Å². The number of carboxylic acids is 1. The smallest absolute Gasteiger partial charge is 0.307 e. The van der Waals surface area contributed by atoms with E-state index in [2.05, 4.69) is 20.9 Å². The zero-order valence-corrected chi connectivity index (χ0v) is 27.9. The average Bonchev–Trinajstić information content (AvgIpc) is 3.84. The van der Waals surface area contributed by atoms with E-state index in [9.17, 15) is 29.1 Å². The molecule has 47 heavy (non-hydrogen) atoms. The molecule has 11 nitrogen and oxygen atoms in total. The second-order valence-corrected chi connectivity index (χ2v) is 14.2. The number of carbonyl (C=O) groups is 5. The zero-order valence-electron chi connectivity index (χ0n) is 25.5. The first-order valence-electron chi connectivity index (χ1n) is 15.9. The van der Waals surface area contributed by atoms with Crippen molar-refractivity contribution in [2.24, 2.45) is 11.8 Å². The maximum Gasteiger partial charge on any atom is 0.307 e. The first kappa shape index (κ1) is 31.5. The number of fused-ring (bicyclic) bond motifs is 2. The molecule has 7 rings (SSSR count). The van der Waals surface area contributed by atoms with Crippen LogP contribution in [0.4, 0.5) is 0 Å². The highest BCUT2D eigenvalue weighted by atomic mass is 79.9. The lowest BCUT2D eigenvalue weighted by atomic mass is 9.77. The molecule has 1 N–H and O–H groups in total. The predicted molar refractivity (Wildman–Crippen MR) is 174 cm³/mol. The number of amides is 4. The van der Waals surface area contributed by atoms with Crippen LogP contribution in [0, 0.1) is 11.8 Å². The number of carbonyl (C=O) groups excluding carboxylic acids is 4. The lowest BCUT2D eigenvalue weighted by Crippen LogP contribution is -2.50. The number of ether oxygens (including phenoxy) is 1. The van der Waals surface area contributed by atoms with Crippen molar-refractivity contribution in [3.63, 3.8) is 0 Å². The van der Waals surface area contributed by atoms with E-state index in [-0.39, 0.29) is 24.5 Å². The molecule has 2 aromatic carbocycles. The van der Waals surface area contributed by atoms with Crippen LogP contribution in [0.3, 0.4) is 0 Å². The Kier molecular flexibility index (Phi) is 8.60. The molecule has 0 radical (unpaired) electrons. The Labute approximate surface area is 283 Å². The number of likely N-dealkylation sites (tertiary alicyclic amines) is 1. The second kappa shape index (κ2) is 12.8. The number of hydrogen-bond donors (Lipinski definition) is 1. The van der Waals surface area contributed by atoms with Crippen LogP contribution < -0.4 is 4.74 Å². The molecule has 3 aliphatic heterocycles. The molecule has 244 valence electrons. The molecular weight excluding hydrogens is 688 g/mol. The summed E-state index contributed by atoms with van der Waals surface area (Å²) in [6.45, 7) is 1.07. The number of thiazole rings is 1. The van der Waals surface area contributed by atoms with Crippen molar-refractivity contribution in [3.8, 4) is 5.75 Å². The summed E-state index contributed by atoms with van der Waals surface area (Å²) in [7, 11) is 0. The van der Waals surface area contributed by atoms with Crippen LogP contribution in [0.5, 0.6) is 5.75 Å². The van der Waals surface area contributed by atoms with Gasteiger partial charge >= 0.3 is 5.97 Å². The van der Waals surface area contributed by atoms with Gasteiger partial charge in [0.05, 0.1) is 53.8 Å². The van der Waals surface area contributed by atoms with Gasteiger partial charge < -0.3 is 19.6 Å². The van der Waals surface area contributed by atoms with Gasteiger partial charge in [-0.15, -0.1) is 11.3 Å². The molecule has 4 heterocycles. The van der Waals surface area contributed by atoms with Gasteiger partial charge in [0.2, 0.25) is 5.91 Å². The molecule has 4 amide bonds. The monoisotopic (exact) mass is 720 g/mol. The zero-order chi connectivity index (χ0) is 32.8. The first-order chi connectivity index (χ1) is 22.7. The van der Waals surface area contributed by atoms with E-state index in [1.807, 2.05) is 12.1 Å². The Balaban J connectivity index is 1.24. The molecule has 1 aromatic heterocycles. The summed E-state index contributed by atoms with van der Waals surface area (Å²) in [4.78, 5) is 76.0. The largest absolute Gasteiger partial charge is 0.488 e. The number of aromatic nitrogens is 1. The summed E-state index contributed by atoms with van der Waals surface area (Å²) in [5.41, 5.74) is 3.84. The highest BCUT2D eigenvalue weighted by molar-refractivity contribution is 9.10. The molecule has 4 aliphatic rings. The number of halogens is 1. The molecule has 0 bridgehead atoms. The highest BCUT2D eigenvalue weighted by Crippen LogP contribution is 2.44. The van der Waals surface area contributed by atoms with Gasteiger partial charge in [0.25, 0.3) is 17.7 Å². The fourth-order valence-corrected chi connectivity index (χ4v) is 8.65. The van der Waals surface area contributed by atoms with Crippen molar-refractivity contribution in [1.82, 2.24) is 19.7 Å². The minimum absolute atomic E-state index is 0.0998. The summed E-state index contributed by atoms with van der Waals surface area (Å²) in [6.07, 6.45) is 4.71. The first-order valence-corrected chi connectivity index (χ1v) is 17.5. The van der Waals surface area contributed by atoms with E-state index < -0.39 is 35.7 Å². The summed E-state index contributed by atoms with van der Waals surface area (Å²) in [5, 5.41) is 10.0. The van der Waals surface area contributed by atoms with E-state index in [0.717, 1.165) is 22.9 Å². The van der Waals surface area contributed by atoms with Gasteiger partial charge in [0.15, 0.2) is 0 Å². The topological polar surface area (TPSA) is 137 Å². The molecule has 1 aliphatic carbocycles. The second-order valence-electron chi connectivity index (χ2n) is 12.5. The van der Waals surface area contributed by atoms with E-state index >= 15 is 0 Å². The average molecular weight is 722 g/mol. The number of hydrogen-bond acceptors (Lipinski definition) is 8. The molecule has 4 atom stereocenters. The van der Waals surface area contributed by atoms with Gasteiger partial charge in [0, 0.05) is 29.5 Å². The van der Waals surface area contributed by atoms with Crippen LogP contribution in [-0.4, -0.2) is 86.7 Å². The minimum atomic E-state index is -0.984. The van der Waals surface area contributed by atoms with Crippen molar-refractivity contribution in [1.29, 1.82) is 0 Å². The van der Waals surface area contributed by atoms with Crippen LogP contribution in [0.2, 0.25) is 0 Å². The van der Waals surface area contributed by atoms with Gasteiger partial charge in [-0.1, -0.05) is 40.9 Å². The maximum absolute atomic E-state index is 14.4. The maximum atomic E-state index is 14.4. The van der Waals surface area contributed by atoms with E-state index in [4.69, 9.17) is 4.74 Å². The summed E-state index contributed by atoms with van der Waals surface area (Å²) in [6, 6.07) is 9.61. The fraction of sp³-hybridized carbons (Fsp3) is 0.412. The summed E-state index contributed by atoms with van der Waals surface area (Å²) >= 11 is 4.98. The molecular formula is C34H33BrN4O7S. The van der Waals surface area contributed by atoms with Gasteiger partial charge in [-0.2, -0.15) is 0 Å². The minimum Gasteiger partial charge on any atom is -0.488 e. The van der Waals surface area contributed by atoms with Crippen LogP contribution in [0.25, 0.3) is 0 Å². The van der Waals surface area contributed by atoms with Crippen molar-refractivity contribution in [2.75, 3.05) is 26.2 Å². The molecule has 1 saturated heterocycles. The third kappa shape index (κ3) is 5.73. The number of benzene rings is 2. The normalized spacial score (nSPS) is 23.9. The molecule has 0 spiro atoms. The van der Waals surface area contributed by atoms with Gasteiger partial charge in [-0.3, -0.25) is 33.9 Å². The standard InChI is InChI=1S/C34H33BrN4O7S/c35-25-9-10-27(46-19-11-13-37(16-19)33(43)28-15-36-18-47-28)29-24(25)12-14-38(30(40)22-7-3-4-8-23(22)34(44)45)26(29)17-39-31(41)20-5-1-2-6-21(20)32(39)42/h1-2,5-6,9-10,15,18-19,22-23,26H,3-4,7-8,11-14,16-17H2,(H,44,45)/t19?,22?,23?,26-/m1/s1. The Morgan fingerprint density at radius 2 is 1.70 bits per heavy atom. The third-order valence-electron chi connectivity index (χ3n) is 9.86. The number of aliphatic carboxylic acids is 1. The van der Waals surface area contributed by atoms with Crippen LogP contribution >= 0.6 is 27.3 Å². The summed E-state index contributed by atoms with van der Waals surface area (Å²) in [5.74, 6) is -3.22. The predicted octanol–water partition coefficient (Wildman–Crippen LogP) is 4.81. The van der Waals surface area contributed by atoms with Crippen LogP contribution in [0.1, 0.15) is 79.7 Å². The number of carboxylic acid groups (broad SMARTS) is 1. The lowest BCUT2D eigenvalue weighted by Gasteiger charge is -2.43. The number of nitrogens with zero attached hydrogens (tertiary/aromatic N) is 4. The van der Waals surface area contributed by atoms with Crippen molar-refractivity contribution in [2.45, 2.75) is 50.7 Å². The van der Waals surface area contributed by atoms with E-state index in [0.29, 0.717) is 72.6 Å². The quantitative estimate of drug-likeness (QED) is 0.344. The fourth-order valence-electron chi connectivity index (χ4n) is 7.51. The van der Waals surface area contributed by atoms with Crippen LogP contribution in [0.15, 0.2) is 52.6 Å². The van der Waals surface area contributed by atoms with Gasteiger partial charge in [-0.25, -0.2) is 0 Å². The van der Waals surface area contributed by atoms with E-state index in [1.165, 1.54) is 16.2 Å². The Hall–Kier alpha value is -4.10. The molecule has 13 heteroatoms. The van der Waals surface area contributed by atoms with Crippen molar-refractivity contribution in [3.05, 3.63) is 79.7 Å². The van der Waals surface area contributed by atoms with E-state index in [1.54, 1.807) is 45.8 Å². The Morgan fingerprint density at radius 1 is 0.979 bits per heavy atom. The van der Waals surface area contributed by atoms with Crippen molar-refractivity contribution >= 4 is 56.9 Å². The Bertz CT molecular complexity index is 1730. The van der Waals surface area contributed by atoms with Crippen molar-refractivity contribution < 1.29 is 33.8 Å². The summed E-state index contributed by atoms with van der Waals surface area (Å²) < 4.78 is 7.44. The van der Waals surface area contributed by atoms with Gasteiger partial charge in [-0.05, 0) is 49.1 Å². The SMILES string of the molecule is O=C(O)C1CCCCC1C(=O)N1CCc2c(Br)ccc(OC3CCN(C(=O)c4cncs4)C3)c2[C@H]1CN1C(=O)c2ccccc2C1=O. The highest BCUT2D eigenvalue weighted by Gasteiger charge is 2.45. The van der Waals surface area contributed by atoms with Crippen LogP contribution in [-0.2, 0) is 16.0 Å². The number of imide groups is 1. The molecule has 3 unspecified atom stereocenters. The third-order valence-corrected chi connectivity index (χ3v) is 11.4. The number of rotatable bonds is 7. The lowest BCUT2D eigenvalue weighted by molar-refractivity contribution is -0.153. The Morgan fingerprint density at radius 3 is 2.38 bits per heavy atom. The molecule has 3 aromatic rings. The molecule has 2 fully saturated rings. The molecule has 1 saturated carbocycles.